The molecule has 0 unspecified atom stereocenters. The first kappa shape index (κ1) is 13.3. The van der Waals surface area contributed by atoms with Gasteiger partial charge in [0.15, 0.2) is 5.78 Å². The molecule has 1 aromatic heterocycles. The molecule has 0 spiro atoms. The van der Waals surface area contributed by atoms with Gasteiger partial charge in [0.2, 0.25) is 0 Å². The number of ketones is 1. The van der Waals surface area contributed by atoms with E-state index < -0.39 is 0 Å². The predicted molar refractivity (Wildman–Crippen MR) is 66.6 cm³/mol. The summed E-state index contributed by atoms with van der Waals surface area (Å²) in [5, 5.41) is 0. The molecule has 0 amide bonds. The molecule has 4 heteroatoms. The minimum atomic E-state index is -0.201. The van der Waals surface area contributed by atoms with Crippen molar-refractivity contribution < 1.29 is 9.53 Å². The van der Waals surface area contributed by atoms with E-state index in [1.165, 1.54) is 0 Å². The topological polar surface area (TPSA) is 39.2 Å². The maximum atomic E-state index is 11.7. The van der Waals surface area contributed by atoms with Crippen LogP contribution in [0.15, 0.2) is 22.8 Å². The molecule has 88 valence electrons. The number of carbonyl (C=O) groups is 1. The number of pyridine rings is 1. The number of carbonyl (C=O) groups excluding carboxylic acids is 1. The molecular formula is C12H16BrNO2. The van der Waals surface area contributed by atoms with Crippen molar-refractivity contribution in [1.29, 1.82) is 0 Å². The Morgan fingerprint density at radius 2 is 2.12 bits per heavy atom. The lowest BCUT2D eigenvalue weighted by molar-refractivity contribution is -0.00234. The first-order valence-corrected chi connectivity index (χ1v) is 5.96. The molecule has 16 heavy (non-hydrogen) atoms. The van der Waals surface area contributed by atoms with Gasteiger partial charge in [-0.15, -0.1) is 0 Å². The molecular weight excluding hydrogens is 270 g/mol. The summed E-state index contributed by atoms with van der Waals surface area (Å²) in [6.07, 6.45) is 1.99. The minimum Gasteiger partial charge on any atom is -0.375 e. The summed E-state index contributed by atoms with van der Waals surface area (Å²) in [7, 11) is 0. The molecule has 0 saturated carbocycles. The van der Waals surface area contributed by atoms with Gasteiger partial charge in [0.05, 0.1) is 12.2 Å². The van der Waals surface area contributed by atoms with E-state index in [1.54, 1.807) is 12.3 Å². The predicted octanol–water partition coefficient (Wildman–Crippen LogP) is 3.23. The highest BCUT2D eigenvalue weighted by Crippen LogP contribution is 2.10. The Balaban J connectivity index is 2.44. The average Bonchev–Trinajstić information content (AvgIpc) is 2.16. The number of halogens is 1. The molecule has 0 aliphatic rings. The largest absolute Gasteiger partial charge is 0.375 e. The quantitative estimate of drug-likeness (QED) is 0.798. The van der Waals surface area contributed by atoms with Crippen LogP contribution in [0, 0.1) is 0 Å². The third-order valence-corrected chi connectivity index (χ3v) is 2.35. The summed E-state index contributed by atoms with van der Waals surface area (Å²) in [6, 6.07) is 3.52. The van der Waals surface area contributed by atoms with E-state index >= 15 is 0 Å². The van der Waals surface area contributed by atoms with Gasteiger partial charge in [-0.1, -0.05) is 0 Å². The number of hydrogen-bond donors (Lipinski definition) is 0. The zero-order valence-electron chi connectivity index (χ0n) is 9.79. The van der Waals surface area contributed by atoms with E-state index in [1.807, 2.05) is 26.8 Å². The molecule has 0 bridgehead atoms. The van der Waals surface area contributed by atoms with Crippen molar-refractivity contribution in [2.75, 3.05) is 6.61 Å². The number of nitrogens with zero attached hydrogens (tertiary/aromatic N) is 1. The van der Waals surface area contributed by atoms with Gasteiger partial charge >= 0.3 is 0 Å². The SMILES string of the molecule is CC(C)(C)OCCC(=O)c1ccc(Br)cn1. The first-order chi connectivity index (χ1) is 7.38. The maximum absolute atomic E-state index is 11.7. The molecule has 1 rings (SSSR count). The summed E-state index contributed by atoms with van der Waals surface area (Å²) < 4.78 is 6.36. The van der Waals surface area contributed by atoms with Gasteiger partial charge < -0.3 is 4.74 Å². The highest BCUT2D eigenvalue weighted by molar-refractivity contribution is 9.10. The number of Topliss-reactive ketones (excluding diaryl/α,β-unsaturated/α-hetero) is 1. The fourth-order valence-electron chi connectivity index (χ4n) is 1.12. The summed E-state index contributed by atoms with van der Waals surface area (Å²) in [5.74, 6) is 0.0109. The van der Waals surface area contributed by atoms with E-state index in [0.29, 0.717) is 18.7 Å². The number of hydrogen-bond acceptors (Lipinski definition) is 3. The summed E-state index contributed by atoms with van der Waals surface area (Å²) >= 11 is 3.27. The number of ether oxygens (including phenoxy) is 1. The van der Waals surface area contributed by atoms with Crippen molar-refractivity contribution in [1.82, 2.24) is 4.98 Å². The van der Waals surface area contributed by atoms with Gasteiger partial charge in [-0.3, -0.25) is 9.78 Å². The van der Waals surface area contributed by atoms with Gasteiger partial charge in [0, 0.05) is 17.1 Å². The van der Waals surface area contributed by atoms with Gasteiger partial charge in [-0.05, 0) is 48.8 Å². The average molecular weight is 286 g/mol. The summed E-state index contributed by atoms with van der Waals surface area (Å²) in [4.78, 5) is 15.7. The second-order valence-corrected chi connectivity index (χ2v) is 5.41. The van der Waals surface area contributed by atoms with Crippen LogP contribution in [0.2, 0.25) is 0 Å². The van der Waals surface area contributed by atoms with Crippen molar-refractivity contribution >= 4 is 21.7 Å². The highest BCUT2D eigenvalue weighted by Gasteiger charge is 2.12. The second-order valence-electron chi connectivity index (χ2n) is 4.50. The molecule has 1 aromatic rings. The second kappa shape index (κ2) is 5.55. The van der Waals surface area contributed by atoms with Crippen LogP contribution in [0.1, 0.15) is 37.7 Å². The lowest BCUT2D eigenvalue weighted by atomic mass is 10.2. The van der Waals surface area contributed by atoms with E-state index in [4.69, 9.17) is 4.74 Å². The van der Waals surface area contributed by atoms with E-state index in [0.717, 1.165) is 4.47 Å². The molecule has 0 saturated heterocycles. The standard InChI is InChI=1S/C12H16BrNO2/c1-12(2,3)16-7-6-11(15)10-5-4-9(13)8-14-10/h4-5,8H,6-7H2,1-3H3. The van der Waals surface area contributed by atoms with Crippen LogP contribution in [-0.4, -0.2) is 23.0 Å². The lowest BCUT2D eigenvalue weighted by Crippen LogP contribution is -2.21. The van der Waals surface area contributed by atoms with Crippen molar-refractivity contribution in [3.8, 4) is 0 Å². The van der Waals surface area contributed by atoms with Crippen LogP contribution in [0.3, 0.4) is 0 Å². The molecule has 0 aromatic carbocycles. The zero-order chi connectivity index (χ0) is 12.2. The van der Waals surface area contributed by atoms with Crippen molar-refractivity contribution in [3.05, 3.63) is 28.5 Å². The number of rotatable bonds is 4. The van der Waals surface area contributed by atoms with E-state index in [-0.39, 0.29) is 11.4 Å². The third kappa shape index (κ3) is 4.86. The summed E-state index contributed by atoms with van der Waals surface area (Å²) in [6.45, 7) is 6.33. The summed E-state index contributed by atoms with van der Waals surface area (Å²) in [5.41, 5.74) is 0.286. The van der Waals surface area contributed by atoms with Gasteiger partial charge in [0.1, 0.15) is 5.69 Å². The van der Waals surface area contributed by atoms with Crippen molar-refractivity contribution in [2.45, 2.75) is 32.8 Å². The molecule has 0 N–H and O–H groups in total. The number of aromatic nitrogens is 1. The van der Waals surface area contributed by atoms with Crippen LogP contribution in [0.4, 0.5) is 0 Å². The molecule has 0 radical (unpaired) electrons. The van der Waals surface area contributed by atoms with Gasteiger partial charge in [-0.25, -0.2) is 0 Å². The first-order valence-electron chi connectivity index (χ1n) is 5.17. The fourth-order valence-corrected chi connectivity index (χ4v) is 1.35. The Labute approximate surface area is 104 Å². The third-order valence-electron chi connectivity index (χ3n) is 1.88. The van der Waals surface area contributed by atoms with Crippen molar-refractivity contribution in [3.63, 3.8) is 0 Å². The molecule has 0 fully saturated rings. The zero-order valence-corrected chi connectivity index (χ0v) is 11.4. The molecule has 0 atom stereocenters. The van der Waals surface area contributed by atoms with Crippen LogP contribution in [0.25, 0.3) is 0 Å². The minimum absolute atomic E-state index is 0.0109. The normalized spacial score (nSPS) is 11.5. The maximum Gasteiger partial charge on any atom is 0.183 e. The molecule has 3 nitrogen and oxygen atoms in total. The van der Waals surface area contributed by atoms with Crippen LogP contribution in [-0.2, 0) is 4.74 Å². The van der Waals surface area contributed by atoms with E-state index in [9.17, 15) is 4.79 Å². The highest BCUT2D eigenvalue weighted by atomic mass is 79.9. The van der Waals surface area contributed by atoms with Crippen LogP contribution in [0.5, 0.6) is 0 Å². The molecule has 1 heterocycles. The van der Waals surface area contributed by atoms with E-state index in [2.05, 4.69) is 20.9 Å². The monoisotopic (exact) mass is 285 g/mol. The Morgan fingerprint density at radius 1 is 1.44 bits per heavy atom. The lowest BCUT2D eigenvalue weighted by Gasteiger charge is -2.18. The Hall–Kier alpha value is -0.740. The van der Waals surface area contributed by atoms with Crippen LogP contribution >= 0.6 is 15.9 Å². The molecule has 0 aliphatic carbocycles. The van der Waals surface area contributed by atoms with Crippen LogP contribution < -0.4 is 0 Å². The van der Waals surface area contributed by atoms with Crippen molar-refractivity contribution in [2.24, 2.45) is 0 Å². The van der Waals surface area contributed by atoms with Gasteiger partial charge in [0.25, 0.3) is 0 Å². The fraction of sp³-hybridized carbons (Fsp3) is 0.500. The Bertz CT molecular complexity index is 354. The molecule has 0 aliphatic heterocycles. The smallest absolute Gasteiger partial charge is 0.183 e. The van der Waals surface area contributed by atoms with Gasteiger partial charge in [-0.2, -0.15) is 0 Å². The Morgan fingerprint density at radius 3 is 2.62 bits per heavy atom. The Kier molecular flexibility index (Phi) is 4.62.